The van der Waals surface area contributed by atoms with Gasteiger partial charge in [-0.15, -0.1) is 0 Å². The Morgan fingerprint density at radius 1 is 0.566 bits per heavy atom. The summed E-state index contributed by atoms with van der Waals surface area (Å²) in [5.41, 5.74) is 20.3. The van der Waals surface area contributed by atoms with Crippen molar-refractivity contribution in [1.29, 1.82) is 0 Å². The lowest BCUT2D eigenvalue weighted by Gasteiger charge is -2.25. The lowest BCUT2D eigenvalue weighted by molar-refractivity contribution is 0.707. The first-order chi connectivity index (χ1) is 25.8. The van der Waals surface area contributed by atoms with Crippen molar-refractivity contribution in [2.45, 2.75) is 71.6 Å². The van der Waals surface area contributed by atoms with E-state index in [9.17, 15) is 0 Å². The molecule has 0 N–H and O–H groups in total. The zero-order valence-corrected chi connectivity index (χ0v) is 31.7. The largest absolute Gasteiger partial charge is 0.0830 e. The average Bonchev–Trinajstić information content (AvgIpc) is 3.66. The number of fused-ring (bicyclic) bond motifs is 11. The maximum atomic E-state index is 2.61. The quantitative estimate of drug-likeness (QED) is 0.162. The molecule has 0 spiro atoms. The third-order valence-electron chi connectivity index (χ3n) is 13.4. The Morgan fingerprint density at radius 2 is 1.25 bits per heavy atom. The molecule has 6 aromatic rings. The molecule has 6 aromatic carbocycles. The van der Waals surface area contributed by atoms with Crippen molar-refractivity contribution in [1.82, 2.24) is 0 Å². The summed E-state index contributed by atoms with van der Waals surface area (Å²) >= 11 is 0. The van der Waals surface area contributed by atoms with Gasteiger partial charge in [0.05, 0.1) is 0 Å². The molecule has 0 fully saturated rings. The number of allylic oxidation sites excluding steroid dienone is 9. The van der Waals surface area contributed by atoms with Crippen LogP contribution in [-0.4, -0.2) is 0 Å². The first-order valence-corrected chi connectivity index (χ1v) is 20.0. The number of rotatable bonds is 4. The van der Waals surface area contributed by atoms with Gasteiger partial charge < -0.3 is 0 Å². The lowest BCUT2D eigenvalue weighted by Crippen LogP contribution is -2.13. The second kappa shape index (κ2) is 11.2. The van der Waals surface area contributed by atoms with E-state index in [2.05, 4.69) is 163 Å². The van der Waals surface area contributed by atoms with Gasteiger partial charge in [0.15, 0.2) is 0 Å². The fourth-order valence-corrected chi connectivity index (χ4v) is 10.8. The Hall–Kier alpha value is -5.20. The summed E-state index contributed by atoms with van der Waals surface area (Å²) < 4.78 is 0. The molecule has 53 heavy (non-hydrogen) atoms. The molecule has 0 saturated carbocycles. The van der Waals surface area contributed by atoms with Gasteiger partial charge in [0.1, 0.15) is 0 Å². The van der Waals surface area contributed by atoms with Gasteiger partial charge in [-0.3, -0.25) is 0 Å². The van der Waals surface area contributed by atoms with E-state index < -0.39 is 0 Å². The van der Waals surface area contributed by atoms with Crippen LogP contribution in [0.4, 0.5) is 0 Å². The van der Waals surface area contributed by atoms with Gasteiger partial charge in [-0.1, -0.05) is 133 Å². The maximum Gasteiger partial charge on any atom is 0.0199 e. The van der Waals surface area contributed by atoms with E-state index in [0.717, 1.165) is 6.42 Å². The van der Waals surface area contributed by atoms with Crippen LogP contribution in [0.3, 0.4) is 0 Å². The predicted molar refractivity (Wildman–Crippen MR) is 229 cm³/mol. The zero-order valence-electron chi connectivity index (χ0n) is 31.7. The average molecular weight is 683 g/mol. The third-order valence-corrected chi connectivity index (χ3v) is 13.4. The molecule has 5 aliphatic carbocycles. The first kappa shape index (κ1) is 31.3. The van der Waals surface area contributed by atoms with E-state index >= 15 is 0 Å². The maximum absolute atomic E-state index is 2.61. The van der Waals surface area contributed by atoms with Crippen LogP contribution >= 0.6 is 0 Å². The number of hydrogen-bond acceptors (Lipinski definition) is 0. The third kappa shape index (κ3) is 4.30. The molecule has 0 saturated heterocycles. The molecule has 2 unspecified atom stereocenters. The highest BCUT2D eigenvalue weighted by Gasteiger charge is 2.38. The van der Waals surface area contributed by atoms with Gasteiger partial charge in [0, 0.05) is 17.8 Å². The van der Waals surface area contributed by atoms with Crippen LogP contribution < -0.4 is 0 Å². The topological polar surface area (TPSA) is 0 Å². The minimum absolute atomic E-state index is 0.398. The molecule has 0 bridgehead atoms. The van der Waals surface area contributed by atoms with E-state index in [1.165, 1.54) is 110 Å². The van der Waals surface area contributed by atoms with Crippen LogP contribution in [0.1, 0.15) is 116 Å². The van der Waals surface area contributed by atoms with Gasteiger partial charge in [-0.05, 0) is 165 Å². The summed E-state index contributed by atoms with van der Waals surface area (Å²) in [5, 5.41) is 8.21. The molecule has 0 aliphatic heterocycles. The van der Waals surface area contributed by atoms with Crippen molar-refractivity contribution < 1.29 is 0 Å². The molecule has 5 aliphatic rings. The summed E-state index contributed by atoms with van der Waals surface area (Å²) in [6, 6.07) is 29.7. The molecule has 0 heterocycles. The van der Waals surface area contributed by atoms with Crippen molar-refractivity contribution >= 4 is 49.5 Å². The summed E-state index contributed by atoms with van der Waals surface area (Å²) in [4.78, 5) is 0. The standard InChI is InChI=1S/C53H46/c1-28(2)34-22-40(29(3)4)53(41(23-34)30(5)6)50-27-44-35(45-25-47-38-17-9-13-32-14-10-18-39(52(32)38)48(47)26-49(45)50)20-19-33-21-43-36-15-7-11-31-12-8-16-37(51(31)36)46(43)24-42(33)44/h7-16,18-31,38,51H,17H2,1-6H3/t31?,38?,51-/m1/s1. The smallest absolute Gasteiger partial charge is 0.0199 e. The van der Waals surface area contributed by atoms with Crippen LogP contribution in [-0.2, 0) is 0 Å². The SMILES string of the molecule is CC(C)c1cc(C(C)C)c(-c2cc3c4cc5c(cc4ccc3c3cc4c(cc23)-c2cccc3c2C4CC=C3)C2=CC=CC3C=CC=C5[C@@H]23)c(C(C)C)c1. The molecule has 11 rings (SSSR count). The molecule has 0 aromatic heterocycles. The monoisotopic (exact) mass is 682 g/mol. The van der Waals surface area contributed by atoms with E-state index in [1.54, 1.807) is 0 Å². The van der Waals surface area contributed by atoms with Gasteiger partial charge in [0.2, 0.25) is 0 Å². The van der Waals surface area contributed by atoms with E-state index in [1.807, 2.05) is 0 Å². The fraction of sp³-hybridized carbons (Fsp3) is 0.245. The second-order valence-corrected chi connectivity index (χ2v) is 17.3. The Labute approximate surface area is 314 Å². The second-order valence-electron chi connectivity index (χ2n) is 17.3. The Kier molecular flexibility index (Phi) is 6.60. The molecule has 0 heteroatoms. The Morgan fingerprint density at radius 3 is 1.96 bits per heavy atom. The first-order valence-electron chi connectivity index (χ1n) is 20.0. The van der Waals surface area contributed by atoms with Crippen LogP contribution in [0, 0.1) is 11.8 Å². The molecule has 0 nitrogen and oxygen atoms in total. The fourth-order valence-electron chi connectivity index (χ4n) is 10.8. The molecule has 0 radical (unpaired) electrons. The minimum atomic E-state index is 0.398. The van der Waals surface area contributed by atoms with Crippen molar-refractivity contribution in [3.05, 3.63) is 160 Å². The predicted octanol–water partition coefficient (Wildman–Crippen LogP) is 14.9. The van der Waals surface area contributed by atoms with Crippen molar-refractivity contribution in [3.63, 3.8) is 0 Å². The summed E-state index contributed by atoms with van der Waals surface area (Å²) in [6.07, 6.45) is 19.9. The Bertz CT molecular complexity index is 2760. The highest BCUT2D eigenvalue weighted by molar-refractivity contribution is 6.23. The van der Waals surface area contributed by atoms with Crippen LogP contribution in [0.25, 0.3) is 71.8 Å². The Balaban J connectivity index is 1.28. The molecule has 0 amide bonds. The van der Waals surface area contributed by atoms with Crippen molar-refractivity contribution in [3.8, 4) is 22.3 Å². The van der Waals surface area contributed by atoms with E-state index in [-0.39, 0.29) is 0 Å². The molecular formula is C53H46. The lowest BCUT2D eigenvalue weighted by atomic mass is 9.78. The molecular weight excluding hydrogens is 637 g/mol. The highest BCUT2D eigenvalue weighted by atomic mass is 14.4. The van der Waals surface area contributed by atoms with E-state index in [4.69, 9.17) is 0 Å². The van der Waals surface area contributed by atoms with Crippen molar-refractivity contribution in [2.24, 2.45) is 11.8 Å². The summed E-state index contributed by atoms with van der Waals surface area (Å²) in [6.45, 7) is 14.2. The summed E-state index contributed by atoms with van der Waals surface area (Å²) in [5.74, 6) is 2.56. The minimum Gasteiger partial charge on any atom is -0.0830 e. The summed E-state index contributed by atoms with van der Waals surface area (Å²) in [7, 11) is 0. The van der Waals surface area contributed by atoms with Gasteiger partial charge in [0.25, 0.3) is 0 Å². The van der Waals surface area contributed by atoms with E-state index in [0.29, 0.717) is 35.5 Å². The van der Waals surface area contributed by atoms with Crippen molar-refractivity contribution in [2.75, 3.05) is 0 Å². The van der Waals surface area contributed by atoms with Gasteiger partial charge >= 0.3 is 0 Å². The molecule has 258 valence electrons. The van der Waals surface area contributed by atoms with Crippen LogP contribution in [0.5, 0.6) is 0 Å². The highest BCUT2D eigenvalue weighted by Crippen LogP contribution is 2.56. The van der Waals surface area contributed by atoms with Crippen LogP contribution in [0.15, 0.2) is 115 Å². The zero-order chi connectivity index (χ0) is 35.9. The van der Waals surface area contributed by atoms with Crippen LogP contribution in [0.2, 0.25) is 0 Å². The number of benzene rings is 6. The number of hydrogen-bond donors (Lipinski definition) is 0. The van der Waals surface area contributed by atoms with Gasteiger partial charge in [-0.2, -0.15) is 0 Å². The molecule has 3 atom stereocenters. The normalized spacial score (nSPS) is 20.1. The van der Waals surface area contributed by atoms with Gasteiger partial charge in [-0.25, -0.2) is 0 Å².